The van der Waals surface area contributed by atoms with E-state index in [0.29, 0.717) is 21.7 Å². The molecule has 1 saturated heterocycles. The number of aryl methyl sites for hydroxylation is 1. The van der Waals surface area contributed by atoms with Crippen LogP contribution in [0.3, 0.4) is 0 Å². The van der Waals surface area contributed by atoms with Crippen molar-refractivity contribution in [3.8, 4) is 0 Å². The number of rotatable bonds is 4. The molecule has 2 heterocycles. The van der Waals surface area contributed by atoms with Gasteiger partial charge in [0, 0.05) is 10.0 Å². The van der Waals surface area contributed by atoms with Crippen LogP contribution >= 0.6 is 23.2 Å². The summed E-state index contributed by atoms with van der Waals surface area (Å²) in [6.07, 6.45) is -0.632. The van der Waals surface area contributed by atoms with Gasteiger partial charge in [-0.05, 0) is 47.4 Å². The van der Waals surface area contributed by atoms with Crippen LogP contribution in [0.25, 0.3) is 0 Å². The maximum absolute atomic E-state index is 15.0. The summed E-state index contributed by atoms with van der Waals surface area (Å²) in [5.74, 6) is 0.185. The number of anilines is 1. The van der Waals surface area contributed by atoms with E-state index in [-0.39, 0.29) is 11.9 Å². The number of benzene rings is 4. The first kappa shape index (κ1) is 24.2. The molecule has 6 nitrogen and oxygen atoms in total. The highest BCUT2D eigenvalue weighted by Gasteiger charge is 2.62. The summed E-state index contributed by atoms with van der Waals surface area (Å²) < 4.78 is 0. The SMILES string of the molecule is Cc1ccccc1C1N=C(N)N=C2N(c3cc(Cl)cc(Cl)c3)C(=O)C(c3ccccc3)(c3ccccc3)N21. The van der Waals surface area contributed by atoms with Crippen LogP contribution in [0, 0.1) is 6.92 Å². The molecule has 188 valence electrons. The molecular weight excluding hydrogens is 517 g/mol. The zero-order valence-electron chi connectivity index (χ0n) is 20.4. The van der Waals surface area contributed by atoms with Gasteiger partial charge < -0.3 is 5.73 Å². The van der Waals surface area contributed by atoms with Crippen LogP contribution in [0.5, 0.6) is 0 Å². The molecular formula is C30H23Cl2N5O. The van der Waals surface area contributed by atoms with E-state index >= 15 is 4.79 Å². The van der Waals surface area contributed by atoms with Crippen LogP contribution in [-0.4, -0.2) is 22.7 Å². The molecule has 1 fully saturated rings. The first-order valence-electron chi connectivity index (χ1n) is 12.1. The van der Waals surface area contributed by atoms with E-state index in [1.165, 1.54) is 0 Å². The Morgan fingerprint density at radius 3 is 1.95 bits per heavy atom. The van der Waals surface area contributed by atoms with Gasteiger partial charge in [-0.3, -0.25) is 9.69 Å². The summed E-state index contributed by atoms with van der Waals surface area (Å²) in [7, 11) is 0. The Balaban J connectivity index is 1.72. The maximum Gasteiger partial charge on any atom is 0.269 e. The van der Waals surface area contributed by atoms with Gasteiger partial charge in [0.15, 0.2) is 11.7 Å². The van der Waals surface area contributed by atoms with E-state index in [2.05, 4.69) is 4.99 Å². The van der Waals surface area contributed by atoms with Gasteiger partial charge in [-0.15, -0.1) is 0 Å². The topological polar surface area (TPSA) is 74.3 Å². The lowest BCUT2D eigenvalue weighted by molar-refractivity contribution is -0.124. The van der Waals surface area contributed by atoms with E-state index in [9.17, 15) is 0 Å². The Labute approximate surface area is 230 Å². The summed E-state index contributed by atoms with van der Waals surface area (Å²) >= 11 is 12.8. The standard InChI is InChI=1S/C30H23Cl2N5O/c1-19-10-8-9-15-25(19)26-34-28(33)35-29-36(24-17-22(31)16-23(32)18-24)27(38)30(37(26)29,20-11-4-2-5-12-20)21-13-6-3-7-14-21/h2-18,26H,1H3,(H2,33,34). The average molecular weight is 540 g/mol. The lowest BCUT2D eigenvalue weighted by Crippen LogP contribution is -2.51. The molecule has 4 aromatic carbocycles. The Morgan fingerprint density at radius 2 is 1.37 bits per heavy atom. The average Bonchev–Trinajstić information content (AvgIpc) is 3.17. The van der Waals surface area contributed by atoms with Crippen molar-refractivity contribution in [3.63, 3.8) is 0 Å². The van der Waals surface area contributed by atoms with E-state index in [0.717, 1.165) is 22.3 Å². The number of aliphatic imine (C=N–C) groups is 2. The molecule has 0 bridgehead atoms. The predicted octanol–water partition coefficient (Wildman–Crippen LogP) is 6.28. The molecule has 6 rings (SSSR count). The lowest BCUT2D eigenvalue weighted by atomic mass is 9.80. The molecule has 2 N–H and O–H groups in total. The number of hydrogen-bond acceptors (Lipinski definition) is 5. The summed E-state index contributed by atoms with van der Waals surface area (Å²) in [4.78, 5) is 28.0. The van der Waals surface area contributed by atoms with Crippen LogP contribution in [-0.2, 0) is 10.3 Å². The number of nitrogens with zero attached hydrogens (tertiary/aromatic N) is 4. The lowest BCUT2D eigenvalue weighted by Gasteiger charge is -2.42. The van der Waals surface area contributed by atoms with Gasteiger partial charge in [0.2, 0.25) is 11.9 Å². The van der Waals surface area contributed by atoms with Crippen molar-refractivity contribution in [1.82, 2.24) is 4.90 Å². The molecule has 0 saturated carbocycles. The second kappa shape index (κ2) is 9.31. The van der Waals surface area contributed by atoms with Crippen LogP contribution in [0.4, 0.5) is 5.69 Å². The zero-order valence-corrected chi connectivity index (χ0v) is 21.9. The summed E-state index contributed by atoms with van der Waals surface area (Å²) in [6.45, 7) is 2.02. The molecule has 0 spiro atoms. The van der Waals surface area contributed by atoms with Crippen LogP contribution in [0.1, 0.15) is 28.4 Å². The van der Waals surface area contributed by atoms with Crippen molar-refractivity contribution in [3.05, 3.63) is 135 Å². The second-order valence-electron chi connectivity index (χ2n) is 9.21. The number of nitrogens with two attached hydrogens (primary N) is 1. The number of carbonyl (C=O) groups excluding carboxylic acids is 1. The van der Waals surface area contributed by atoms with Gasteiger partial charge >= 0.3 is 0 Å². The van der Waals surface area contributed by atoms with E-state index in [1.54, 1.807) is 23.1 Å². The van der Waals surface area contributed by atoms with Crippen molar-refractivity contribution in [2.75, 3.05) is 4.90 Å². The number of carbonyl (C=O) groups is 1. The summed E-state index contributed by atoms with van der Waals surface area (Å²) in [5.41, 5.74) is 8.98. The van der Waals surface area contributed by atoms with E-state index < -0.39 is 11.7 Å². The third-order valence-corrected chi connectivity index (χ3v) is 7.39. The number of halogens is 2. The molecule has 8 heteroatoms. The first-order chi connectivity index (χ1) is 18.4. The third kappa shape index (κ3) is 3.68. The van der Waals surface area contributed by atoms with E-state index in [4.69, 9.17) is 33.9 Å². The summed E-state index contributed by atoms with van der Waals surface area (Å²) in [5, 5.41) is 0.801. The highest BCUT2D eigenvalue weighted by Crippen LogP contribution is 2.50. The minimum Gasteiger partial charge on any atom is -0.368 e. The van der Waals surface area contributed by atoms with Crippen molar-refractivity contribution < 1.29 is 4.79 Å². The second-order valence-corrected chi connectivity index (χ2v) is 10.1. The number of hydrogen-bond donors (Lipinski definition) is 1. The maximum atomic E-state index is 15.0. The molecule has 4 aromatic rings. The van der Waals surface area contributed by atoms with Gasteiger partial charge in [-0.25, -0.2) is 9.89 Å². The van der Waals surface area contributed by atoms with Crippen molar-refractivity contribution >= 4 is 46.7 Å². The Bertz CT molecular complexity index is 1540. The molecule has 1 unspecified atom stereocenters. The number of fused-ring (bicyclic) bond motifs is 1. The molecule has 0 radical (unpaired) electrons. The quantitative estimate of drug-likeness (QED) is 0.331. The fourth-order valence-corrected chi connectivity index (χ4v) is 5.88. The predicted molar refractivity (Wildman–Crippen MR) is 152 cm³/mol. The van der Waals surface area contributed by atoms with Crippen molar-refractivity contribution in [2.45, 2.75) is 18.6 Å². The highest BCUT2D eigenvalue weighted by atomic mass is 35.5. The van der Waals surface area contributed by atoms with Gasteiger partial charge in [0.1, 0.15) is 0 Å². The van der Waals surface area contributed by atoms with Gasteiger partial charge in [0.25, 0.3) is 5.91 Å². The molecule has 0 aliphatic carbocycles. The fourth-order valence-electron chi connectivity index (χ4n) is 5.36. The van der Waals surface area contributed by atoms with Gasteiger partial charge in [-0.1, -0.05) is 108 Å². The number of amides is 1. The normalized spacial score (nSPS) is 18.2. The Morgan fingerprint density at radius 1 is 0.816 bits per heavy atom. The van der Waals surface area contributed by atoms with Crippen LogP contribution in [0.2, 0.25) is 10.0 Å². The minimum atomic E-state index is -1.31. The number of guanidine groups is 2. The highest BCUT2D eigenvalue weighted by molar-refractivity contribution is 6.36. The summed E-state index contributed by atoms with van der Waals surface area (Å²) in [6, 6.07) is 32.3. The van der Waals surface area contributed by atoms with Gasteiger partial charge in [0.05, 0.1) is 5.69 Å². The fraction of sp³-hybridized carbons (Fsp3) is 0.100. The van der Waals surface area contributed by atoms with Gasteiger partial charge in [-0.2, -0.15) is 4.99 Å². The molecule has 2 aliphatic rings. The van der Waals surface area contributed by atoms with Crippen molar-refractivity contribution in [1.29, 1.82) is 0 Å². The minimum absolute atomic E-state index is 0.0763. The molecule has 1 amide bonds. The van der Waals surface area contributed by atoms with Crippen LogP contribution < -0.4 is 10.6 Å². The Kier molecular flexibility index (Phi) is 5.94. The van der Waals surface area contributed by atoms with E-state index in [1.807, 2.05) is 96.8 Å². The molecule has 38 heavy (non-hydrogen) atoms. The Hall–Kier alpha value is -4.13. The smallest absolute Gasteiger partial charge is 0.269 e. The van der Waals surface area contributed by atoms with Crippen molar-refractivity contribution in [2.24, 2.45) is 15.7 Å². The molecule has 1 atom stereocenters. The first-order valence-corrected chi connectivity index (χ1v) is 12.9. The third-order valence-electron chi connectivity index (χ3n) is 6.96. The monoisotopic (exact) mass is 539 g/mol. The molecule has 2 aliphatic heterocycles. The van der Waals surface area contributed by atoms with Crippen LogP contribution in [0.15, 0.2) is 113 Å². The molecule has 0 aromatic heterocycles. The zero-order chi connectivity index (χ0) is 26.4. The largest absolute Gasteiger partial charge is 0.368 e.